The number of piperazine rings is 1. The van der Waals surface area contributed by atoms with Crippen molar-refractivity contribution in [2.75, 3.05) is 46.0 Å². The zero-order valence-electron chi connectivity index (χ0n) is 16.6. The molecule has 1 fully saturated rings. The summed E-state index contributed by atoms with van der Waals surface area (Å²) in [6.45, 7) is 7.03. The van der Waals surface area contributed by atoms with E-state index in [1.165, 1.54) is 4.90 Å². The van der Waals surface area contributed by atoms with Gasteiger partial charge < -0.3 is 25.2 Å². The molecule has 1 heterocycles. The lowest BCUT2D eigenvalue weighted by molar-refractivity contribution is 0.0141. The Morgan fingerprint density at radius 2 is 1.48 bits per heavy atom. The highest BCUT2D eigenvalue weighted by Crippen LogP contribution is 2.17. The first-order chi connectivity index (χ1) is 12.5. The molecule has 3 amide bonds. The number of carbonyl (C=O) groups is 3. The van der Waals surface area contributed by atoms with E-state index in [9.17, 15) is 14.4 Å². The van der Waals surface area contributed by atoms with Crippen molar-refractivity contribution in [3.8, 4) is 0 Å². The number of nitrogen functional groups attached to an aromatic ring is 1. The molecule has 8 heteroatoms. The van der Waals surface area contributed by atoms with Gasteiger partial charge in [0.1, 0.15) is 5.60 Å². The molecule has 8 nitrogen and oxygen atoms in total. The van der Waals surface area contributed by atoms with Crippen LogP contribution in [0.3, 0.4) is 0 Å². The van der Waals surface area contributed by atoms with E-state index >= 15 is 0 Å². The smallest absolute Gasteiger partial charge is 0.410 e. The summed E-state index contributed by atoms with van der Waals surface area (Å²) in [4.78, 5) is 41.8. The summed E-state index contributed by atoms with van der Waals surface area (Å²) in [5.74, 6) is -0.426. The van der Waals surface area contributed by atoms with E-state index in [1.807, 2.05) is 20.8 Å². The fraction of sp³-hybridized carbons (Fsp3) is 0.526. The van der Waals surface area contributed by atoms with Crippen LogP contribution in [-0.2, 0) is 4.74 Å². The molecule has 148 valence electrons. The minimum absolute atomic E-state index is 0.209. The van der Waals surface area contributed by atoms with Crippen LogP contribution in [0.2, 0.25) is 0 Å². The molecule has 1 aromatic carbocycles. The van der Waals surface area contributed by atoms with Crippen LogP contribution in [-0.4, -0.2) is 78.5 Å². The van der Waals surface area contributed by atoms with Gasteiger partial charge in [-0.1, -0.05) is 0 Å². The third kappa shape index (κ3) is 5.35. The maximum atomic E-state index is 12.8. The van der Waals surface area contributed by atoms with Gasteiger partial charge in [0.05, 0.1) is 0 Å². The van der Waals surface area contributed by atoms with E-state index in [4.69, 9.17) is 10.5 Å². The van der Waals surface area contributed by atoms with Gasteiger partial charge in [-0.25, -0.2) is 4.79 Å². The molecule has 0 unspecified atom stereocenters. The van der Waals surface area contributed by atoms with Gasteiger partial charge in [-0.15, -0.1) is 0 Å². The van der Waals surface area contributed by atoms with Gasteiger partial charge in [0.25, 0.3) is 11.8 Å². The quantitative estimate of drug-likeness (QED) is 0.792. The Balaban J connectivity index is 2.06. The van der Waals surface area contributed by atoms with Crippen LogP contribution in [0.4, 0.5) is 10.5 Å². The van der Waals surface area contributed by atoms with Crippen LogP contribution in [0.5, 0.6) is 0 Å². The number of hydrogen-bond acceptors (Lipinski definition) is 5. The normalized spacial score (nSPS) is 14.7. The average Bonchev–Trinajstić information content (AvgIpc) is 2.58. The van der Waals surface area contributed by atoms with E-state index in [0.717, 1.165) is 0 Å². The number of ether oxygens (including phenoxy) is 1. The molecule has 0 saturated carbocycles. The SMILES string of the molecule is CN(C)C(=O)c1cc(N)cc(C(=O)N2CCN(C(=O)OC(C)(C)C)CC2)c1. The van der Waals surface area contributed by atoms with E-state index < -0.39 is 5.60 Å². The summed E-state index contributed by atoms with van der Waals surface area (Å²) in [5, 5.41) is 0. The van der Waals surface area contributed by atoms with Crippen molar-refractivity contribution in [3.05, 3.63) is 29.3 Å². The largest absolute Gasteiger partial charge is 0.444 e. The third-order valence-corrected chi connectivity index (χ3v) is 4.07. The van der Waals surface area contributed by atoms with Gasteiger partial charge in [-0.05, 0) is 39.0 Å². The molecule has 0 aliphatic carbocycles. The lowest BCUT2D eigenvalue weighted by Crippen LogP contribution is -2.51. The Bertz CT molecular complexity index is 732. The van der Waals surface area contributed by atoms with E-state index in [-0.39, 0.29) is 17.9 Å². The molecule has 1 aromatic rings. The number of nitrogens with zero attached hydrogens (tertiary/aromatic N) is 3. The Kier molecular flexibility index (Phi) is 5.98. The summed E-state index contributed by atoms with van der Waals surface area (Å²) >= 11 is 0. The molecule has 0 spiro atoms. The molecule has 0 bridgehead atoms. The van der Waals surface area contributed by atoms with Crippen molar-refractivity contribution >= 4 is 23.6 Å². The predicted molar refractivity (Wildman–Crippen MR) is 103 cm³/mol. The molecule has 2 rings (SSSR count). The summed E-state index contributed by atoms with van der Waals surface area (Å²) in [6, 6.07) is 4.68. The number of benzene rings is 1. The topological polar surface area (TPSA) is 96.2 Å². The summed E-state index contributed by atoms with van der Waals surface area (Å²) in [7, 11) is 3.28. The Morgan fingerprint density at radius 1 is 0.963 bits per heavy atom. The summed E-state index contributed by atoms with van der Waals surface area (Å²) < 4.78 is 5.36. The van der Waals surface area contributed by atoms with Crippen LogP contribution in [0, 0.1) is 0 Å². The summed E-state index contributed by atoms with van der Waals surface area (Å²) in [5.41, 5.74) is 6.42. The number of anilines is 1. The Morgan fingerprint density at radius 3 is 2.00 bits per heavy atom. The second-order valence-corrected chi connectivity index (χ2v) is 7.80. The van der Waals surface area contributed by atoms with Gasteiger partial charge in [0, 0.05) is 57.1 Å². The van der Waals surface area contributed by atoms with Gasteiger partial charge >= 0.3 is 6.09 Å². The van der Waals surface area contributed by atoms with Gasteiger partial charge in [-0.2, -0.15) is 0 Å². The molecule has 27 heavy (non-hydrogen) atoms. The minimum atomic E-state index is -0.555. The van der Waals surface area contributed by atoms with Crippen LogP contribution < -0.4 is 5.73 Å². The van der Waals surface area contributed by atoms with Crippen molar-refractivity contribution in [3.63, 3.8) is 0 Å². The molecule has 0 atom stereocenters. The highest BCUT2D eigenvalue weighted by atomic mass is 16.6. The number of hydrogen-bond donors (Lipinski definition) is 1. The van der Waals surface area contributed by atoms with E-state index in [0.29, 0.717) is 43.0 Å². The zero-order chi connectivity index (χ0) is 20.4. The standard InChI is InChI=1S/C19H28N4O4/c1-19(2,3)27-18(26)23-8-6-22(7-9-23)17(25)14-10-13(11-15(20)12-14)16(24)21(4)5/h10-12H,6-9,20H2,1-5H3. The number of nitrogens with two attached hydrogens (primary N) is 1. The zero-order valence-corrected chi connectivity index (χ0v) is 16.6. The first kappa shape index (κ1) is 20.5. The summed E-state index contributed by atoms with van der Waals surface area (Å²) in [6.07, 6.45) is -0.377. The second-order valence-electron chi connectivity index (χ2n) is 7.80. The maximum absolute atomic E-state index is 12.8. The molecule has 0 radical (unpaired) electrons. The van der Waals surface area contributed by atoms with E-state index in [2.05, 4.69) is 0 Å². The molecule has 1 aliphatic heterocycles. The molecule has 1 saturated heterocycles. The van der Waals surface area contributed by atoms with Crippen molar-refractivity contribution in [1.82, 2.24) is 14.7 Å². The highest BCUT2D eigenvalue weighted by Gasteiger charge is 2.28. The van der Waals surface area contributed by atoms with Crippen LogP contribution in [0.25, 0.3) is 0 Å². The Hall–Kier alpha value is -2.77. The van der Waals surface area contributed by atoms with Crippen LogP contribution in [0.15, 0.2) is 18.2 Å². The second kappa shape index (κ2) is 7.85. The van der Waals surface area contributed by atoms with Crippen molar-refractivity contribution in [1.29, 1.82) is 0 Å². The molecular formula is C19H28N4O4. The molecule has 0 aromatic heterocycles. The van der Waals surface area contributed by atoms with E-state index in [1.54, 1.807) is 42.1 Å². The van der Waals surface area contributed by atoms with Crippen molar-refractivity contribution < 1.29 is 19.1 Å². The van der Waals surface area contributed by atoms with Crippen LogP contribution in [0.1, 0.15) is 41.5 Å². The third-order valence-electron chi connectivity index (χ3n) is 4.07. The maximum Gasteiger partial charge on any atom is 0.410 e. The first-order valence-electron chi connectivity index (χ1n) is 8.87. The van der Waals surface area contributed by atoms with Gasteiger partial charge in [-0.3, -0.25) is 9.59 Å². The van der Waals surface area contributed by atoms with Gasteiger partial charge in [0.15, 0.2) is 0 Å². The van der Waals surface area contributed by atoms with Crippen molar-refractivity contribution in [2.24, 2.45) is 0 Å². The highest BCUT2D eigenvalue weighted by molar-refractivity contribution is 6.00. The number of carbonyl (C=O) groups excluding carboxylic acids is 3. The monoisotopic (exact) mass is 376 g/mol. The molecule has 1 aliphatic rings. The molecular weight excluding hydrogens is 348 g/mol. The molecule has 2 N–H and O–H groups in total. The average molecular weight is 376 g/mol. The number of amides is 3. The first-order valence-corrected chi connectivity index (χ1v) is 8.87. The lowest BCUT2D eigenvalue weighted by atomic mass is 10.1. The Labute approximate surface area is 159 Å². The minimum Gasteiger partial charge on any atom is -0.444 e. The fourth-order valence-electron chi connectivity index (χ4n) is 2.76. The number of rotatable bonds is 2. The van der Waals surface area contributed by atoms with Crippen molar-refractivity contribution in [2.45, 2.75) is 26.4 Å². The fourth-order valence-corrected chi connectivity index (χ4v) is 2.76. The van der Waals surface area contributed by atoms with Crippen LogP contribution >= 0.6 is 0 Å². The van der Waals surface area contributed by atoms with Gasteiger partial charge in [0.2, 0.25) is 0 Å². The predicted octanol–water partition coefficient (Wildman–Crippen LogP) is 1.66. The lowest BCUT2D eigenvalue weighted by Gasteiger charge is -2.35.